The first-order chi connectivity index (χ1) is 13.6. The molecule has 8 heteroatoms. The van der Waals surface area contributed by atoms with E-state index < -0.39 is 5.97 Å². The summed E-state index contributed by atoms with van der Waals surface area (Å²) >= 11 is 0. The lowest BCUT2D eigenvalue weighted by Gasteiger charge is -2.27. The SMILES string of the molecule is CCOC(=O)c1c[nH]n2c(=O)c3c(nc12)CCN(Cc1ccc(OC)cc1)C3. The van der Waals surface area contributed by atoms with Crippen LogP contribution in [-0.4, -0.2) is 45.7 Å². The maximum atomic E-state index is 12.9. The van der Waals surface area contributed by atoms with Crippen LogP contribution in [0.2, 0.25) is 0 Å². The molecule has 1 aliphatic heterocycles. The van der Waals surface area contributed by atoms with Crippen LogP contribution in [0.3, 0.4) is 0 Å². The van der Waals surface area contributed by atoms with Gasteiger partial charge in [0, 0.05) is 32.3 Å². The van der Waals surface area contributed by atoms with Gasteiger partial charge in [-0.05, 0) is 24.6 Å². The van der Waals surface area contributed by atoms with Crippen molar-refractivity contribution in [3.8, 4) is 5.75 Å². The third kappa shape index (κ3) is 3.27. The van der Waals surface area contributed by atoms with Gasteiger partial charge in [-0.25, -0.2) is 14.3 Å². The Kier molecular flexibility index (Phi) is 4.87. The van der Waals surface area contributed by atoms with Crippen molar-refractivity contribution in [3.63, 3.8) is 0 Å². The Balaban J connectivity index is 1.60. The van der Waals surface area contributed by atoms with Gasteiger partial charge in [0.1, 0.15) is 11.3 Å². The molecule has 0 saturated carbocycles. The zero-order valence-electron chi connectivity index (χ0n) is 15.9. The summed E-state index contributed by atoms with van der Waals surface area (Å²) in [4.78, 5) is 31.8. The molecule has 4 rings (SSSR count). The first-order valence-electron chi connectivity index (χ1n) is 9.25. The van der Waals surface area contributed by atoms with Crippen LogP contribution in [0.1, 0.15) is 34.1 Å². The topological polar surface area (TPSA) is 88.9 Å². The summed E-state index contributed by atoms with van der Waals surface area (Å²) in [6.45, 7) is 4.06. The lowest BCUT2D eigenvalue weighted by molar-refractivity contribution is 0.0528. The van der Waals surface area contributed by atoms with Gasteiger partial charge in [0.05, 0.1) is 25.0 Å². The maximum Gasteiger partial charge on any atom is 0.343 e. The summed E-state index contributed by atoms with van der Waals surface area (Å²) in [7, 11) is 1.64. The molecule has 146 valence electrons. The van der Waals surface area contributed by atoms with Crippen molar-refractivity contribution in [1.82, 2.24) is 19.5 Å². The van der Waals surface area contributed by atoms with Gasteiger partial charge < -0.3 is 9.47 Å². The molecule has 3 heterocycles. The van der Waals surface area contributed by atoms with E-state index in [0.29, 0.717) is 24.2 Å². The monoisotopic (exact) mass is 382 g/mol. The lowest BCUT2D eigenvalue weighted by atomic mass is 10.1. The molecule has 2 aromatic heterocycles. The van der Waals surface area contributed by atoms with Crippen LogP contribution in [0.5, 0.6) is 5.75 Å². The van der Waals surface area contributed by atoms with E-state index in [4.69, 9.17) is 9.47 Å². The minimum Gasteiger partial charge on any atom is -0.497 e. The molecule has 0 fully saturated rings. The second kappa shape index (κ2) is 7.47. The number of rotatable bonds is 5. The molecule has 1 N–H and O–H groups in total. The van der Waals surface area contributed by atoms with Gasteiger partial charge in [0.2, 0.25) is 0 Å². The largest absolute Gasteiger partial charge is 0.497 e. The molecule has 1 aliphatic rings. The van der Waals surface area contributed by atoms with Crippen LogP contribution in [0.4, 0.5) is 0 Å². The number of esters is 1. The number of nitrogens with zero attached hydrogens (tertiary/aromatic N) is 3. The Labute approximate surface area is 161 Å². The number of benzene rings is 1. The Morgan fingerprint density at radius 1 is 1.29 bits per heavy atom. The molecule has 0 bridgehead atoms. The quantitative estimate of drug-likeness (QED) is 0.677. The van der Waals surface area contributed by atoms with Crippen molar-refractivity contribution in [1.29, 1.82) is 0 Å². The Bertz CT molecular complexity index is 1070. The predicted molar refractivity (Wildman–Crippen MR) is 103 cm³/mol. The normalized spacial score (nSPS) is 14.1. The average Bonchev–Trinajstić information content (AvgIpc) is 3.14. The molecule has 0 aliphatic carbocycles. The molecule has 0 unspecified atom stereocenters. The number of hydrogen-bond acceptors (Lipinski definition) is 6. The summed E-state index contributed by atoms with van der Waals surface area (Å²) in [5.74, 6) is 0.340. The molecule has 1 aromatic carbocycles. The Hall–Kier alpha value is -3.13. The smallest absolute Gasteiger partial charge is 0.343 e. The van der Waals surface area contributed by atoms with Gasteiger partial charge in [-0.3, -0.25) is 14.8 Å². The van der Waals surface area contributed by atoms with Gasteiger partial charge in [-0.2, -0.15) is 0 Å². The maximum absolute atomic E-state index is 12.9. The lowest BCUT2D eigenvalue weighted by Crippen LogP contribution is -2.36. The minimum atomic E-state index is -0.481. The Morgan fingerprint density at radius 3 is 2.79 bits per heavy atom. The van der Waals surface area contributed by atoms with Gasteiger partial charge in [-0.15, -0.1) is 0 Å². The van der Waals surface area contributed by atoms with E-state index in [0.717, 1.165) is 30.1 Å². The van der Waals surface area contributed by atoms with Gasteiger partial charge in [0.25, 0.3) is 5.56 Å². The fraction of sp³-hybridized carbons (Fsp3) is 0.350. The first-order valence-corrected chi connectivity index (χ1v) is 9.25. The van der Waals surface area contributed by atoms with E-state index >= 15 is 0 Å². The Morgan fingerprint density at radius 2 is 2.07 bits per heavy atom. The van der Waals surface area contributed by atoms with E-state index in [-0.39, 0.29) is 17.7 Å². The van der Waals surface area contributed by atoms with Crippen LogP contribution < -0.4 is 10.3 Å². The van der Waals surface area contributed by atoms with Crippen molar-refractivity contribution in [2.45, 2.75) is 26.4 Å². The fourth-order valence-corrected chi connectivity index (χ4v) is 3.51. The molecule has 0 spiro atoms. The number of ether oxygens (including phenoxy) is 2. The number of aromatic amines is 1. The van der Waals surface area contributed by atoms with Crippen molar-refractivity contribution < 1.29 is 14.3 Å². The van der Waals surface area contributed by atoms with Crippen LogP contribution in [0.25, 0.3) is 5.65 Å². The summed E-state index contributed by atoms with van der Waals surface area (Å²) in [5.41, 5.74) is 3.00. The highest BCUT2D eigenvalue weighted by Crippen LogP contribution is 2.20. The molecule has 0 radical (unpaired) electrons. The number of hydrogen-bond donors (Lipinski definition) is 1. The summed E-state index contributed by atoms with van der Waals surface area (Å²) < 4.78 is 11.6. The molecule has 0 saturated heterocycles. The van der Waals surface area contributed by atoms with Gasteiger partial charge in [0.15, 0.2) is 5.65 Å². The van der Waals surface area contributed by atoms with Crippen molar-refractivity contribution in [2.24, 2.45) is 0 Å². The van der Waals surface area contributed by atoms with Gasteiger partial charge in [-0.1, -0.05) is 12.1 Å². The summed E-state index contributed by atoms with van der Waals surface area (Å²) in [5, 5.41) is 2.83. The standard InChI is InChI=1S/C20H22N4O4/c1-3-28-20(26)15-10-21-24-18(15)22-17-8-9-23(12-16(17)19(24)25)11-13-4-6-14(27-2)7-5-13/h4-7,10,21H,3,8-9,11-12H2,1-2H3. The second-order valence-corrected chi connectivity index (χ2v) is 6.72. The molecule has 28 heavy (non-hydrogen) atoms. The third-order valence-corrected chi connectivity index (χ3v) is 4.95. The number of methoxy groups -OCH3 is 1. The van der Waals surface area contributed by atoms with E-state index in [1.807, 2.05) is 24.3 Å². The highest BCUT2D eigenvalue weighted by atomic mass is 16.5. The van der Waals surface area contributed by atoms with Crippen molar-refractivity contribution in [2.75, 3.05) is 20.3 Å². The van der Waals surface area contributed by atoms with E-state index in [1.54, 1.807) is 14.0 Å². The highest BCUT2D eigenvalue weighted by molar-refractivity contribution is 5.95. The molecular formula is C20H22N4O4. The number of carbonyl (C=O) groups is 1. The fourth-order valence-electron chi connectivity index (χ4n) is 3.51. The molecule has 3 aromatic rings. The molecule has 0 atom stereocenters. The molecular weight excluding hydrogens is 360 g/mol. The number of fused-ring (bicyclic) bond motifs is 2. The average molecular weight is 382 g/mol. The zero-order chi connectivity index (χ0) is 19.7. The summed E-state index contributed by atoms with van der Waals surface area (Å²) in [6, 6.07) is 7.92. The first kappa shape index (κ1) is 18.2. The zero-order valence-corrected chi connectivity index (χ0v) is 15.9. The van der Waals surface area contributed by atoms with Crippen LogP contribution >= 0.6 is 0 Å². The third-order valence-electron chi connectivity index (χ3n) is 4.95. The van der Waals surface area contributed by atoms with E-state index in [1.165, 1.54) is 10.7 Å². The summed E-state index contributed by atoms with van der Waals surface area (Å²) in [6.07, 6.45) is 2.13. The number of H-pyrrole nitrogens is 1. The predicted octanol–water partition coefficient (Wildman–Crippen LogP) is 1.77. The van der Waals surface area contributed by atoms with Crippen LogP contribution in [0, 0.1) is 0 Å². The molecule has 0 amide bonds. The number of carbonyl (C=O) groups excluding carboxylic acids is 1. The van der Waals surface area contributed by atoms with Crippen LogP contribution in [-0.2, 0) is 24.2 Å². The van der Waals surface area contributed by atoms with Crippen LogP contribution in [0.15, 0.2) is 35.3 Å². The van der Waals surface area contributed by atoms with E-state index in [2.05, 4.69) is 15.0 Å². The second-order valence-electron chi connectivity index (χ2n) is 6.72. The number of nitrogens with one attached hydrogen (secondary N) is 1. The van der Waals surface area contributed by atoms with E-state index in [9.17, 15) is 9.59 Å². The number of aromatic nitrogens is 3. The van der Waals surface area contributed by atoms with Gasteiger partial charge >= 0.3 is 5.97 Å². The minimum absolute atomic E-state index is 0.171. The highest BCUT2D eigenvalue weighted by Gasteiger charge is 2.25. The van der Waals surface area contributed by atoms with Crippen molar-refractivity contribution >= 4 is 11.6 Å². The van der Waals surface area contributed by atoms with Crippen molar-refractivity contribution in [3.05, 3.63) is 63.2 Å². The molecule has 8 nitrogen and oxygen atoms in total.